The molecule has 1 saturated carbocycles. The van der Waals surface area contributed by atoms with E-state index in [2.05, 4.69) is 12.0 Å². The van der Waals surface area contributed by atoms with Crippen LogP contribution in [0.2, 0.25) is 5.02 Å². The fourth-order valence-electron chi connectivity index (χ4n) is 3.41. The molecule has 1 unspecified atom stereocenters. The number of quaternary nitrogens is 1. The molecule has 1 aromatic carbocycles. The molecule has 4 heteroatoms. The Morgan fingerprint density at radius 1 is 1.33 bits per heavy atom. The number of nitrogens with one attached hydrogen (secondary N) is 1. The molecular formula is C17H22ClN2O+. The number of rotatable bonds is 3. The molecule has 0 amide bonds. The first-order valence-electron chi connectivity index (χ1n) is 7.74. The van der Waals surface area contributed by atoms with Crippen LogP contribution in [-0.2, 0) is 6.54 Å². The molecule has 1 fully saturated rings. The molecule has 112 valence electrons. The maximum atomic E-state index is 10.5. The topological polar surface area (TPSA) is 37.6 Å². The molecule has 1 aliphatic carbocycles. The van der Waals surface area contributed by atoms with Gasteiger partial charge in [0.2, 0.25) is 0 Å². The second kappa shape index (κ2) is 6.20. The van der Waals surface area contributed by atoms with Crippen molar-refractivity contribution in [3.63, 3.8) is 0 Å². The third kappa shape index (κ3) is 2.99. The maximum Gasteiger partial charge on any atom is 0.150 e. The average Bonchev–Trinajstić information content (AvgIpc) is 2.53. The van der Waals surface area contributed by atoms with Gasteiger partial charge in [-0.1, -0.05) is 18.0 Å². The van der Waals surface area contributed by atoms with Gasteiger partial charge in [-0.2, -0.15) is 0 Å². The van der Waals surface area contributed by atoms with E-state index in [4.69, 9.17) is 11.6 Å². The summed E-state index contributed by atoms with van der Waals surface area (Å²) in [5.74, 6) is 0.283. The molecule has 0 spiro atoms. The molecule has 2 aromatic rings. The van der Waals surface area contributed by atoms with Crippen molar-refractivity contribution in [1.82, 2.24) is 4.98 Å². The first-order chi connectivity index (χ1) is 10.2. The lowest BCUT2D eigenvalue weighted by atomic mass is 9.94. The number of hydrogen-bond acceptors (Lipinski definition) is 2. The third-order valence-corrected chi connectivity index (χ3v) is 4.98. The van der Waals surface area contributed by atoms with Gasteiger partial charge in [-0.25, -0.2) is 0 Å². The van der Waals surface area contributed by atoms with Crippen molar-refractivity contribution in [3.05, 3.63) is 35.0 Å². The maximum absolute atomic E-state index is 10.5. The van der Waals surface area contributed by atoms with Crippen LogP contribution in [0.5, 0.6) is 5.75 Å². The van der Waals surface area contributed by atoms with Crippen LogP contribution in [0, 0.1) is 0 Å². The lowest BCUT2D eigenvalue weighted by molar-refractivity contribution is -0.921. The van der Waals surface area contributed by atoms with Crippen LogP contribution in [0.25, 0.3) is 10.9 Å². The smallest absolute Gasteiger partial charge is 0.150 e. The van der Waals surface area contributed by atoms with Gasteiger partial charge in [-0.05, 0) is 43.9 Å². The summed E-state index contributed by atoms with van der Waals surface area (Å²) in [6.45, 7) is 0.794. The fourth-order valence-corrected chi connectivity index (χ4v) is 3.70. The van der Waals surface area contributed by atoms with Crippen molar-refractivity contribution in [2.75, 3.05) is 7.05 Å². The molecule has 1 aromatic heterocycles. The highest BCUT2D eigenvalue weighted by Crippen LogP contribution is 2.32. The quantitative estimate of drug-likeness (QED) is 0.915. The lowest BCUT2D eigenvalue weighted by Gasteiger charge is -2.28. The minimum Gasteiger partial charge on any atom is -0.505 e. The average molecular weight is 306 g/mol. The van der Waals surface area contributed by atoms with Crippen LogP contribution in [0.1, 0.15) is 37.7 Å². The standard InChI is InChI=1S/C17H21ClN2O/c1-20(13-6-3-2-4-7-13)11-12-10-15(18)14-8-5-9-19-16(14)17(12)21/h5,8-10,13,21H,2-4,6-7,11H2,1H3/p+1. The van der Waals surface area contributed by atoms with Gasteiger partial charge in [0.1, 0.15) is 12.1 Å². The zero-order chi connectivity index (χ0) is 14.8. The van der Waals surface area contributed by atoms with E-state index in [-0.39, 0.29) is 5.75 Å². The van der Waals surface area contributed by atoms with Crippen molar-refractivity contribution < 1.29 is 10.0 Å². The molecular weight excluding hydrogens is 284 g/mol. The second-order valence-electron chi connectivity index (χ2n) is 6.12. The van der Waals surface area contributed by atoms with Gasteiger partial charge in [0, 0.05) is 11.6 Å². The lowest BCUT2D eigenvalue weighted by Crippen LogP contribution is -3.11. The second-order valence-corrected chi connectivity index (χ2v) is 6.53. The monoisotopic (exact) mass is 305 g/mol. The van der Waals surface area contributed by atoms with E-state index in [0.717, 1.165) is 17.5 Å². The van der Waals surface area contributed by atoms with E-state index in [1.54, 1.807) is 6.20 Å². The number of hydrogen-bond donors (Lipinski definition) is 2. The normalized spacial score (nSPS) is 18.0. The van der Waals surface area contributed by atoms with Crippen LogP contribution in [0.15, 0.2) is 24.4 Å². The molecule has 3 nitrogen and oxygen atoms in total. The number of phenolic OH excluding ortho intramolecular Hbond substituents is 1. The van der Waals surface area contributed by atoms with Crippen LogP contribution in [0.4, 0.5) is 0 Å². The summed E-state index contributed by atoms with van der Waals surface area (Å²) in [7, 11) is 2.21. The van der Waals surface area contributed by atoms with Crippen molar-refractivity contribution in [1.29, 1.82) is 0 Å². The van der Waals surface area contributed by atoms with Crippen molar-refractivity contribution in [3.8, 4) is 5.75 Å². The number of nitrogens with zero attached hydrogens (tertiary/aromatic N) is 1. The summed E-state index contributed by atoms with van der Waals surface area (Å²) in [5.41, 5.74) is 1.51. The molecule has 3 rings (SSSR count). The number of aromatic hydroxyl groups is 1. The summed E-state index contributed by atoms with van der Waals surface area (Å²) in [4.78, 5) is 5.73. The van der Waals surface area contributed by atoms with Crippen molar-refractivity contribution >= 4 is 22.5 Å². The van der Waals surface area contributed by atoms with E-state index >= 15 is 0 Å². The van der Waals surface area contributed by atoms with Crippen LogP contribution in [-0.4, -0.2) is 23.2 Å². The van der Waals surface area contributed by atoms with E-state index in [1.165, 1.54) is 37.0 Å². The van der Waals surface area contributed by atoms with E-state index in [9.17, 15) is 5.11 Å². The molecule has 0 bridgehead atoms. The van der Waals surface area contributed by atoms with Crippen LogP contribution >= 0.6 is 11.6 Å². The summed E-state index contributed by atoms with van der Waals surface area (Å²) in [5, 5.41) is 12.0. The minimum absolute atomic E-state index is 0.283. The Balaban J connectivity index is 1.88. The van der Waals surface area contributed by atoms with Crippen LogP contribution in [0.3, 0.4) is 0 Å². The number of fused-ring (bicyclic) bond motifs is 1. The van der Waals surface area contributed by atoms with E-state index in [0.29, 0.717) is 16.6 Å². The highest BCUT2D eigenvalue weighted by atomic mass is 35.5. The molecule has 0 saturated heterocycles. The summed E-state index contributed by atoms with van der Waals surface area (Å²) in [6.07, 6.45) is 8.28. The molecule has 21 heavy (non-hydrogen) atoms. The first kappa shape index (κ1) is 14.6. The van der Waals surface area contributed by atoms with Crippen molar-refractivity contribution in [2.24, 2.45) is 0 Å². The largest absolute Gasteiger partial charge is 0.505 e. The van der Waals surface area contributed by atoms with Gasteiger partial charge in [-0.3, -0.25) is 4.98 Å². The fraction of sp³-hybridized carbons (Fsp3) is 0.471. The zero-order valence-corrected chi connectivity index (χ0v) is 13.2. The molecule has 2 N–H and O–H groups in total. The summed E-state index contributed by atoms with van der Waals surface area (Å²) in [6, 6.07) is 6.32. The molecule has 0 radical (unpaired) electrons. The molecule has 1 aliphatic rings. The predicted molar refractivity (Wildman–Crippen MR) is 85.9 cm³/mol. The Kier molecular flexibility index (Phi) is 4.32. The highest BCUT2D eigenvalue weighted by Gasteiger charge is 2.23. The van der Waals surface area contributed by atoms with Gasteiger partial charge in [-0.15, -0.1) is 0 Å². The van der Waals surface area contributed by atoms with Gasteiger partial charge in [0.25, 0.3) is 0 Å². The van der Waals surface area contributed by atoms with Crippen molar-refractivity contribution in [2.45, 2.75) is 44.7 Å². The van der Waals surface area contributed by atoms with Gasteiger partial charge >= 0.3 is 0 Å². The predicted octanol–water partition coefficient (Wildman–Crippen LogP) is 2.94. The third-order valence-electron chi connectivity index (χ3n) is 4.67. The Morgan fingerprint density at radius 2 is 2.10 bits per heavy atom. The van der Waals surface area contributed by atoms with Crippen LogP contribution < -0.4 is 4.90 Å². The highest BCUT2D eigenvalue weighted by molar-refractivity contribution is 6.35. The molecule has 1 atom stereocenters. The number of halogens is 1. The Labute approximate surface area is 130 Å². The summed E-state index contributed by atoms with van der Waals surface area (Å²) < 4.78 is 0. The SMILES string of the molecule is C[NH+](Cc1cc(Cl)c2cccnc2c1O)C1CCCCC1. The zero-order valence-electron chi connectivity index (χ0n) is 12.4. The Bertz CT molecular complexity index is 638. The van der Waals surface area contributed by atoms with Gasteiger partial charge < -0.3 is 10.0 Å². The summed E-state index contributed by atoms with van der Waals surface area (Å²) >= 11 is 6.34. The number of phenols is 1. The molecule has 1 heterocycles. The Hall–Kier alpha value is -1.32. The van der Waals surface area contributed by atoms with Gasteiger partial charge in [0.05, 0.1) is 23.7 Å². The number of benzene rings is 1. The van der Waals surface area contributed by atoms with Gasteiger partial charge in [0.15, 0.2) is 5.75 Å². The minimum atomic E-state index is 0.283. The molecule has 0 aliphatic heterocycles. The van der Waals surface area contributed by atoms with E-state index < -0.39 is 0 Å². The number of pyridine rings is 1. The first-order valence-corrected chi connectivity index (χ1v) is 8.12. The Morgan fingerprint density at radius 3 is 2.86 bits per heavy atom. The van der Waals surface area contributed by atoms with E-state index in [1.807, 2.05) is 18.2 Å². The number of aromatic nitrogens is 1.